The molecule has 0 unspecified atom stereocenters. The minimum absolute atomic E-state index is 0.0914. The first-order valence-corrected chi connectivity index (χ1v) is 5.65. The highest BCUT2D eigenvalue weighted by atomic mass is 19.1. The van der Waals surface area contributed by atoms with Crippen LogP contribution in [0.25, 0.3) is 5.57 Å². The molecule has 0 saturated carbocycles. The van der Waals surface area contributed by atoms with Gasteiger partial charge >= 0.3 is 0 Å². The predicted octanol–water partition coefficient (Wildman–Crippen LogP) is 3.77. The van der Waals surface area contributed by atoms with Crippen LogP contribution in [-0.2, 0) is 0 Å². The van der Waals surface area contributed by atoms with Gasteiger partial charge in [-0.3, -0.25) is 0 Å². The van der Waals surface area contributed by atoms with Crippen molar-refractivity contribution in [2.24, 2.45) is 0 Å². The minimum Gasteiger partial charge on any atom is -0.206 e. The van der Waals surface area contributed by atoms with Gasteiger partial charge in [-0.2, -0.15) is 10.5 Å². The molecule has 0 aliphatic rings. The second-order valence-corrected chi connectivity index (χ2v) is 4.09. The fourth-order valence-electron chi connectivity index (χ4n) is 1.76. The van der Waals surface area contributed by atoms with Gasteiger partial charge in [-0.05, 0) is 41.0 Å². The third kappa shape index (κ3) is 2.41. The summed E-state index contributed by atoms with van der Waals surface area (Å²) in [5, 5.41) is 17.6. The van der Waals surface area contributed by atoms with Gasteiger partial charge in [0.05, 0.1) is 11.1 Å². The fraction of sp³-hybridized carbons (Fsp3) is 0. The summed E-state index contributed by atoms with van der Waals surface area (Å²) in [5.74, 6) is -1.22. The third-order valence-corrected chi connectivity index (χ3v) is 2.87. The van der Waals surface area contributed by atoms with Gasteiger partial charge in [-0.15, -0.1) is 0 Å². The highest BCUT2D eigenvalue weighted by Crippen LogP contribution is 2.24. The van der Waals surface area contributed by atoms with E-state index in [4.69, 9.17) is 10.5 Å². The van der Waals surface area contributed by atoms with Crippen molar-refractivity contribution in [3.63, 3.8) is 0 Å². The lowest BCUT2D eigenvalue weighted by molar-refractivity contribution is 0.623. The number of nitrogens with zero attached hydrogens (tertiary/aromatic N) is 2. The molecule has 0 saturated heterocycles. The Morgan fingerprint density at radius 2 is 1.25 bits per heavy atom. The zero-order chi connectivity index (χ0) is 14.7. The van der Waals surface area contributed by atoms with Crippen molar-refractivity contribution in [3.8, 4) is 12.1 Å². The summed E-state index contributed by atoms with van der Waals surface area (Å²) in [4.78, 5) is 0. The van der Waals surface area contributed by atoms with E-state index in [9.17, 15) is 8.78 Å². The van der Waals surface area contributed by atoms with E-state index in [1.54, 1.807) is 12.1 Å². The van der Waals surface area contributed by atoms with Gasteiger partial charge in [-0.25, -0.2) is 8.78 Å². The maximum Gasteiger partial charge on any atom is 0.140 e. The molecule has 96 valence electrons. The van der Waals surface area contributed by atoms with Gasteiger partial charge in [0.2, 0.25) is 0 Å². The van der Waals surface area contributed by atoms with Crippen molar-refractivity contribution < 1.29 is 8.78 Å². The van der Waals surface area contributed by atoms with Crippen LogP contribution in [0.3, 0.4) is 0 Å². The van der Waals surface area contributed by atoms with E-state index in [0.717, 1.165) is 0 Å². The molecule has 2 aromatic carbocycles. The van der Waals surface area contributed by atoms with Crippen LogP contribution in [0, 0.1) is 34.3 Å². The minimum atomic E-state index is -0.610. The van der Waals surface area contributed by atoms with Gasteiger partial charge in [0, 0.05) is 0 Å². The normalized spacial score (nSPS) is 9.60. The number of hydrogen-bond donors (Lipinski definition) is 0. The molecule has 0 radical (unpaired) electrons. The van der Waals surface area contributed by atoms with Crippen molar-refractivity contribution in [1.82, 2.24) is 0 Å². The monoisotopic (exact) mass is 266 g/mol. The quantitative estimate of drug-likeness (QED) is 0.830. The molecule has 2 nitrogen and oxygen atoms in total. The maximum atomic E-state index is 13.3. The lowest BCUT2D eigenvalue weighted by atomic mass is 9.96. The van der Waals surface area contributed by atoms with E-state index < -0.39 is 11.6 Å². The van der Waals surface area contributed by atoms with E-state index in [1.165, 1.54) is 36.4 Å². The topological polar surface area (TPSA) is 47.6 Å². The molecule has 0 spiro atoms. The first kappa shape index (κ1) is 13.5. The summed E-state index contributed by atoms with van der Waals surface area (Å²) in [6, 6.07) is 11.5. The van der Waals surface area contributed by atoms with E-state index in [2.05, 4.69) is 6.58 Å². The lowest BCUT2D eigenvalue weighted by Gasteiger charge is -2.08. The molecule has 0 aromatic heterocycles. The standard InChI is InChI=1S/C16H8F2N2/c1-10(11-2-4-15(17)13(6-11)8-19)12-3-5-16(18)14(7-12)9-20/h2-7H,1H2. The largest absolute Gasteiger partial charge is 0.206 e. The summed E-state index contributed by atoms with van der Waals surface area (Å²) >= 11 is 0. The molecule has 0 fully saturated rings. The SMILES string of the molecule is C=C(c1ccc(F)c(C#N)c1)c1ccc(F)c(C#N)c1. The second kappa shape index (κ2) is 5.34. The van der Waals surface area contributed by atoms with Gasteiger partial charge in [-0.1, -0.05) is 18.7 Å². The van der Waals surface area contributed by atoms with Crippen molar-refractivity contribution in [1.29, 1.82) is 10.5 Å². The van der Waals surface area contributed by atoms with Crippen LogP contribution in [0.1, 0.15) is 22.3 Å². The van der Waals surface area contributed by atoms with Crippen molar-refractivity contribution >= 4 is 5.57 Å². The number of benzene rings is 2. The molecular weight excluding hydrogens is 258 g/mol. The Morgan fingerprint density at radius 1 is 0.850 bits per heavy atom. The molecule has 0 amide bonds. The Morgan fingerprint density at radius 3 is 1.60 bits per heavy atom. The van der Waals surface area contributed by atoms with Crippen LogP contribution in [0.2, 0.25) is 0 Å². The van der Waals surface area contributed by atoms with Crippen LogP contribution < -0.4 is 0 Å². The molecule has 0 atom stereocenters. The Bertz CT molecular complexity index is 715. The lowest BCUT2D eigenvalue weighted by Crippen LogP contribution is -1.92. The molecule has 4 heteroatoms. The average Bonchev–Trinajstić information content (AvgIpc) is 2.47. The Kier molecular flexibility index (Phi) is 3.59. The third-order valence-electron chi connectivity index (χ3n) is 2.87. The van der Waals surface area contributed by atoms with Crippen LogP contribution >= 0.6 is 0 Å². The zero-order valence-electron chi connectivity index (χ0n) is 10.3. The summed E-state index contributed by atoms with van der Waals surface area (Å²) in [5.41, 5.74) is 1.38. The molecule has 2 aromatic rings. The summed E-state index contributed by atoms with van der Waals surface area (Å²) in [7, 11) is 0. The molecule has 0 aliphatic heterocycles. The van der Waals surface area contributed by atoms with E-state index in [1.807, 2.05) is 0 Å². The van der Waals surface area contributed by atoms with Crippen LogP contribution in [-0.4, -0.2) is 0 Å². The molecule has 0 aliphatic carbocycles. The van der Waals surface area contributed by atoms with Crippen molar-refractivity contribution in [2.45, 2.75) is 0 Å². The number of halogens is 2. The summed E-state index contributed by atoms with van der Waals surface area (Å²) in [6.45, 7) is 3.84. The Labute approximate surface area is 114 Å². The predicted molar refractivity (Wildman–Crippen MR) is 70.4 cm³/mol. The van der Waals surface area contributed by atoms with Crippen molar-refractivity contribution in [3.05, 3.63) is 76.9 Å². The first-order chi connectivity index (χ1) is 9.56. The van der Waals surface area contributed by atoms with E-state index in [-0.39, 0.29) is 11.1 Å². The van der Waals surface area contributed by atoms with Gasteiger partial charge in [0.1, 0.15) is 23.8 Å². The summed E-state index contributed by atoms with van der Waals surface area (Å²) < 4.78 is 26.5. The van der Waals surface area contributed by atoms with Gasteiger partial charge in [0.15, 0.2) is 0 Å². The highest BCUT2D eigenvalue weighted by Gasteiger charge is 2.09. The molecule has 0 N–H and O–H groups in total. The van der Waals surface area contributed by atoms with Gasteiger partial charge in [0.25, 0.3) is 0 Å². The molecule has 20 heavy (non-hydrogen) atoms. The molecule has 0 heterocycles. The smallest absolute Gasteiger partial charge is 0.140 e. The Hall–Kier alpha value is -2.98. The van der Waals surface area contributed by atoms with Crippen LogP contribution in [0.15, 0.2) is 43.0 Å². The maximum absolute atomic E-state index is 13.3. The average molecular weight is 266 g/mol. The number of hydrogen-bond acceptors (Lipinski definition) is 2. The van der Waals surface area contributed by atoms with E-state index >= 15 is 0 Å². The first-order valence-electron chi connectivity index (χ1n) is 5.65. The number of nitriles is 2. The molecule has 0 bridgehead atoms. The highest BCUT2D eigenvalue weighted by molar-refractivity contribution is 5.79. The van der Waals surface area contributed by atoms with Crippen molar-refractivity contribution in [2.75, 3.05) is 0 Å². The fourth-order valence-corrected chi connectivity index (χ4v) is 1.76. The molecule has 2 rings (SSSR count). The van der Waals surface area contributed by atoms with Gasteiger partial charge < -0.3 is 0 Å². The number of rotatable bonds is 2. The Balaban J connectivity index is 2.47. The second-order valence-electron chi connectivity index (χ2n) is 4.09. The van der Waals surface area contributed by atoms with E-state index in [0.29, 0.717) is 16.7 Å². The van der Waals surface area contributed by atoms with Crippen LogP contribution in [0.5, 0.6) is 0 Å². The van der Waals surface area contributed by atoms with Crippen LogP contribution in [0.4, 0.5) is 8.78 Å². The molecular formula is C16H8F2N2. The summed E-state index contributed by atoms with van der Waals surface area (Å²) in [6.07, 6.45) is 0. The zero-order valence-corrected chi connectivity index (χ0v) is 10.3.